The van der Waals surface area contributed by atoms with Crippen LogP contribution < -0.4 is 10.6 Å². The van der Waals surface area contributed by atoms with Crippen LogP contribution in [0.4, 0.5) is 0 Å². The number of aliphatic hydroxyl groups excluding tert-OH is 2. The third kappa shape index (κ3) is 23.4. The second-order valence-corrected chi connectivity index (χ2v) is 40.1. The molecular weight excluding hydrogens is 1730 g/mol. The van der Waals surface area contributed by atoms with Gasteiger partial charge in [-0.15, -0.1) is 0 Å². The summed E-state index contributed by atoms with van der Waals surface area (Å²) in [5.74, 6) is -5.95. The van der Waals surface area contributed by atoms with Crippen LogP contribution in [0.25, 0.3) is 0 Å². The van der Waals surface area contributed by atoms with Crippen LogP contribution in [-0.2, 0) is 104 Å². The van der Waals surface area contributed by atoms with Gasteiger partial charge in [0.15, 0.2) is 36.7 Å². The van der Waals surface area contributed by atoms with Crippen LogP contribution in [0, 0.1) is 47.3 Å². The molecule has 14 aliphatic rings. The Morgan fingerprint density at radius 1 is 0.493 bits per heavy atom. The van der Waals surface area contributed by atoms with E-state index in [0.717, 1.165) is 17.6 Å². The van der Waals surface area contributed by atoms with Crippen molar-refractivity contribution in [1.82, 2.24) is 10.6 Å². The molecule has 0 amide bonds. The lowest BCUT2D eigenvalue weighted by Gasteiger charge is -2.48. The first kappa shape index (κ1) is 105. The number of carboxylic acid groups (broad SMARTS) is 1. The summed E-state index contributed by atoms with van der Waals surface area (Å²) in [4.78, 5) is 38.9. The van der Waals surface area contributed by atoms with Crippen LogP contribution in [0.5, 0.6) is 0 Å². The second-order valence-electron chi connectivity index (χ2n) is 40.1. The van der Waals surface area contributed by atoms with Crippen molar-refractivity contribution in [2.24, 2.45) is 47.3 Å². The Morgan fingerprint density at radius 2 is 0.881 bits per heavy atom. The number of fused-ring (bicyclic) bond motifs is 4. The molecule has 0 unspecified atom stereocenters. The Hall–Kier alpha value is -5.93. The third-order valence-electron chi connectivity index (χ3n) is 30.2. The molecule has 2 aliphatic carbocycles. The summed E-state index contributed by atoms with van der Waals surface area (Å²) in [6, 6.07) is 8.38. The van der Waals surface area contributed by atoms with Gasteiger partial charge in [-0.1, -0.05) is 153 Å². The molecule has 7 N–H and O–H groups in total. The van der Waals surface area contributed by atoms with Crippen molar-refractivity contribution >= 4 is 17.9 Å². The lowest BCUT2D eigenvalue weighted by Crippen LogP contribution is -2.58. The SMILES string of the molecule is CC[C@H](C)[C@H]1O[C@]2(C=C[C@@H]1C)C[C@@H]1C[C@@H](C/C=C(\C)[C@@H](O[C@H]3C[C@H](OC)[C@@H](O[C@H]4C[C@@H](OC)[C@H](NC)[C@@H](C)O4)[C@H](C)O3)[C@@H](C)/C=C/C=C3\CO[C@@H]4[C@H](O)C(C)=C[C@@H](C(=O)O1)[C@]34O)O2.CN[C@@H]1[C@@H](C)O[C@@H](O[C@H]2[C@H](C)O[C@@H](O[C@@H]3/C(C)=C/C[C@@H]4C[C@@H](C[C@]5(C=C[C@H](C)[C@@H](C(C)C)O5)O4)OC(=O)[C@@H]4C=C(C)[C@@H](O)[C@H]5OC/C(=C\C=C\[C@@H]3C)[C@]54O)C[C@@H]2OC)C[C@H]1OC.O=C(O)c1ccccc1. The van der Waals surface area contributed by atoms with Gasteiger partial charge in [-0.2, -0.15) is 0 Å². The normalized spacial score (nSPS) is 46.0. The number of aliphatic hydroxyl groups is 4. The maximum atomic E-state index is 14.4. The maximum Gasteiger partial charge on any atom is 0.335 e. The number of hydrogen-bond acceptors (Lipinski definition) is 29. The number of rotatable bonds is 18. The van der Waals surface area contributed by atoms with Crippen molar-refractivity contribution in [1.29, 1.82) is 0 Å². The summed E-state index contributed by atoms with van der Waals surface area (Å²) in [7, 11) is 10.6. The summed E-state index contributed by atoms with van der Waals surface area (Å²) in [5, 5.41) is 62.5. The van der Waals surface area contributed by atoms with E-state index in [0.29, 0.717) is 92.1 Å². The van der Waals surface area contributed by atoms with Gasteiger partial charge in [-0.25, -0.2) is 4.79 Å². The van der Waals surface area contributed by atoms with E-state index in [1.807, 2.05) is 78.2 Å². The van der Waals surface area contributed by atoms with Gasteiger partial charge in [0.25, 0.3) is 0 Å². The van der Waals surface area contributed by atoms with E-state index in [2.05, 4.69) is 104 Å². The molecule has 0 saturated carbocycles. The lowest BCUT2D eigenvalue weighted by molar-refractivity contribution is -0.312. The van der Waals surface area contributed by atoms with E-state index in [4.69, 9.17) is 99.8 Å². The number of allylic oxidation sites excluding steroid dienone is 4. The molecular formula is C104H154N2O28. The van der Waals surface area contributed by atoms with Crippen molar-refractivity contribution < 1.29 is 135 Å². The summed E-state index contributed by atoms with van der Waals surface area (Å²) in [5.41, 5.74) is 0.686. The van der Waals surface area contributed by atoms with E-state index >= 15 is 0 Å². The van der Waals surface area contributed by atoms with Gasteiger partial charge in [0.05, 0.1) is 116 Å². The molecule has 30 nitrogen and oxygen atoms in total. The number of carboxylic acids is 1. The standard InChI is InChI=1S/C49H75NO13.C48H73NO13.C7H6O2/c1-12-26(2)44-29(5)18-19-48(63-44)24-35-21-34(62-48)17-16-28(4)43(27(3)14-13-15-33-25-56-46-42(51)30(6)20-36(47(52)59-35)49(33,46)53)60-40-23-38(55-11)45(32(8)58-40)61-39-22-37(54-10)41(50-9)31(7)57-39;1-25(2)42-28(5)17-18-47(62-42)23-34-20-33(61-47)16-15-27(4)43(26(3)13-12-14-32-24-55-45-41(50)29(6)19-35(46(51)58-34)48(32,45)52)59-39-22-37(54-11)44(31(8)57-39)60-38-21-36(53-10)40(49-9)30(7)56-38;8-7(9)6-4-2-1-3-5-6/h13-16,18-20,26-27,29,31-32,34-46,50-51,53H,12,17,21-25H2,1-11H3;12-15,17-19,25-26,28,30-31,33-45,49-50,52H,16,20-24H2,1-11H3;1-5H,(H,8,9)/b14-13+,28-16+,33-15+;13-12+,27-15+,32-14+;/t26-,27-,29-,31+,32-,34+,35-,36-,37+,38-,39-,40-,41+,42+,43-,44+,45-,46+,48+,49+;26-,28-,30+,31-,33+,34-,35-,36+,37-,38-,39-,40+,41+,42+,43-,44-,45+,47+,48+;/m00./s1. The fourth-order valence-electron chi connectivity index (χ4n) is 22.5. The van der Waals surface area contributed by atoms with Gasteiger partial charge < -0.3 is 131 Å². The lowest BCUT2D eigenvalue weighted by atomic mass is 9.71. The van der Waals surface area contributed by atoms with Crippen LogP contribution in [-0.4, -0.2) is 293 Å². The molecule has 2 spiro atoms. The fraction of sp³-hybridized carbons (Fsp3) is 0.721. The topological polar surface area (TPSA) is 361 Å². The van der Waals surface area contributed by atoms with Crippen molar-refractivity contribution in [2.45, 2.75) is 376 Å². The Bertz CT molecular complexity index is 4410. The quantitative estimate of drug-likeness (QED) is 0.0530. The zero-order valence-electron chi connectivity index (χ0n) is 82.6. The number of methoxy groups -OCH3 is 4. The van der Waals surface area contributed by atoms with Crippen LogP contribution in [0.15, 0.2) is 149 Å². The minimum absolute atomic E-state index is 0.0407. The Kier molecular flexibility index (Phi) is 36.0. The minimum Gasteiger partial charge on any atom is -0.478 e. The van der Waals surface area contributed by atoms with E-state index in [-0.39, 0.29) is 134 Å². The molecule has 0 aromatic heterocycles. The summed E-state index contributed by atoms with van der Waals surface area (Å²) < 4.78 is 129. The summed E-state index contributed by atoms with van der Waals surface area (Å²) >= 11 is 0. The highest BCUT2D eigenvalue weighted by Gasteiger charge is 2.63. The number of nitrogens with one attached hydrogen (secondary N) is 2. The van der Waals surface area contributed by atoms with Gasteiger partial charge in [0.2, 0.25) is 0 Å². The fourth-order valence-corrected chi connectivity index (χ4v) is 22.5. The number of hydrogen-bond donors (Lipinski definition) is 7. The van der Waals surface area contributed by atoms with Crippen LogP contribution in [0.2, 0.25) is 0 Å². The zero-order valence-corrected chi connectivity index (χ0v) is 82.6. The van der Waals surface area contributed by atoms with Crippen molar-refractivity contribution in [3.63, 3.8) is 0 Å². The molecule has 8 fully saturated rings. The molecule has 39 atom stereocenters. The maximum absolute atomic E-state index is 14.4. The third-order valence-corrected chi connectivity index (χ3v) is 30.2. The van der Waals surface area contributed by atoms with Gasteiger partial charge in [0.1, 0.15) is 71.9 Å². The number of carbonyl (C=O) groups excluding carboxylic acids is 2. The monoisotopic (exact) mass is 1880 g/mol. The number of ether oxygens (including phenoxy) is 20. The van der Waals surface area contributed by atoms with Crippen molar-refractivity contribution in [2.75, 3.05) is 55.7 Å². The Morgan fingerprint density at radius 3 is 1.26 bits per heavy atom. The summed E-state index contributed by atoms with van der Waals surface area (Å²) in [6.07, 6.45) is 20.5. The van der Waals surface area contributed by atoms with Gasteiger partial charge in [0, 0.05) is 103 Å². The molecule has 1 aromatic carbocycles. The van der Waals surface area contributed by atoms with Gasteiger partial charge >= 0.3 is 17.9 Å². The molecule has 4 bridgehead atoms. The highest BCUT2D eigenvalue weighted by molar-refractivity contribution is 5.87. The number of likely N-dealkylation sites (N-methyl/N-ethyl adjacent to an activating group) is 2. The molecule has 134 heavy (non-hydrogen) atoms. The predicted molar refractivity (Wildman–Crippen MR) is 497 cm³/mol. The molecule has 12 heterocycles. The van der Waals surface area contributed by atoms with E-state index in [1.54, 1.807) is 96.9 Å². The largest absolute Gasteiger partial charge is 0.478 e. The van der Waals surface area contributed by atoms with E-state index < -0.39 is 139 Å². The first-order valence-electron chi connectivity index (χ1n) is 48.8. The van der Waals surface area contributed by atoms with Crippen molar-refractivity contribution in [3.8, 4) is 0 Å². The number of aromatic carboxylic acids is 1. The number of benzene rings is 1. The Balaban J connectivity index is 0.000000207. The van der Waals surface area contributed by atoms with E-state index in [9.17, 15) is 34.8 Å². The first-order valence-corrected chi connectivity index (χ1v) is 48.8. The predicted octanol–water partition coefficient (Wildman–Crippen LogP) is 12.2. The van der Waals surface area contributed by atoms with Crippen molar-refractivity contribution in [3.05, 3.63) is 154 Å². The highest BCUT2D eigenvalue weighted by Crippen LogP contribution is 2.51. The van der Waals surface area contributed by atoms with Crippen LogP contribution in [0.1, 0.15) is 192 Å². The molecule has 30 heteroatoms. The van der Waals surface area contributed by atoms with Gasteiger partial charge in [-0.3, -0.25) is 9.59 Å². The molecule has 8 saturated heterocycles. The first-order chi connectivity index (χ1) is 63.8. The highest BCUT2D eigenvalue weighted by atomic mass is 16.8. The number of esters is 2. The molecule has 12 aliphatic heterocycles. The zero-order chi connectivity index (χ0) is 96.7. The van der Waals surface area contributed by atoms with Crippen LogP contribution in [0.3, 0.4) is 0 Å². The summed E-state index contributed by atoms with van der Waals surface area (Å²) in [6.45, 7) is 32.7. The molecule has 1 aromatic rings. The smallest absolute Gasteiger partial charge is 0.335 e. The van der Waals surface area contributed by atoms with Crippen LogP contribution >= 0.6 is 0 Å². The minimum atomic E-state index is -1.83. The number of carbonyl (C=O) groups is 3. The average Bonchev–Trinajstić information content (AvgIpc) is 1.56. The molecule has 0 radical (unpaired) electrons. The molecule has 15 rings (SSSR count). The Labute approximate surface area is 792 Å². The van der Waals surface area contributed by atoms with Gasteiger partial charge in [-0.05, 0) is 152 Å². The molecule has 748 valence electrons. The van der Waals surface area contributed by atoms with E-state index in [1.165, 1.54) is 0 Å². The average molecular weight is 1880 g/mol. The second kappa shape index (κ2) is 45.8.